The Hall–Kier alpha value is -7.95. The molecular formula is C55H35N3O. The predicted octanol–water partition coefficient (Wildman–Crippen LogP) is 14.7. The molecule has 0 radical (unpaired) electrons. The molecule has 0 amide bonds. The average Bonchev–Trinajstić information content (AvgIpc) is 4.00. The maximum Gasteiger partial charge on any atom is 0.227 e. The lowest BCUT2D eigenvalue weighted by Crippen LogP contribution is -1.99. The smallest absolute Gasteiger partial charge is 0.227 e. The first kappa shape index (κ1) is 33.2. The molecular weight excluding hydrogens is 719 g/mol. The lowest BCUT2D eigenvalue weighted by molar-refractivity contribution is 0.620. The van der Waals surface area contributed by atoms with E-state index in [1.807, 2.05) is 12.1 Å². The van der Waals surface area contributed by atoms with Crippen LogP contribution in [-0.2, 0) is 0 Å². The van der Waals surface area contributed by atoms with Gasteiger partial charge in [0.15, 0.2) is 5.58 Å². The standard InChI is InChI=1S/C55H35N3O/c1-3-16-36(17-4-1)40-33-47(37-18-5-2-6-19-37)54-53(35-40)59-55(56-54)39-30-31-42(52(34-39)58-50-28-13-9-24-45(50)46-25-10-14-29-51(46)58)38-20-15-21-41(32-38)57-48-26-11-7-22-43(48)44-23-8-12-27-49(44)57/h1-35H. The van der Waals surface area contributed by atoms with Crippen LogP contribution in [0.15, 0.2) is 217 Å². The summed E-state index contributed by atoms with van der Waals surface area (Å²) in [6.45, 7) is 0. The molecule has 0 aliphatic rings. The molecule has 0 saturated carbocycles. The van der Waals surface area contributed by atoms with E-state index in [1.165, 1.54) is 32.6 Å². The van der Waals surface area contributed by atoms with Crippen molar-refractivity contribution in [2.75, 3.05) is 0 Å². The van der Waals surface area contributed by atoms with E-state index in [4.69, 9.17) is 9.40 Å². The number of para-hydroxylation sites is 4. The highest BCUT2D eigenvalue weighted by molar-refractivity contribution is 6.11. The molecule has 0 atom stereocenters. The van der Waals surface area contributed by atoms with E-state index in [1.54, 1.807) is 0 Å². The summed E-state index contributed by atoms with van der Waals surface area (Å²) in [7, 11) is 0. The molecule has 0 saturated heterocycles. The minimum atomic E-state index is 0.579. The Morgan fingerprint density at radius 1 is 0.339 bits per heavy atom. The zero-order chi connectivity index (χ0) is 38.9. The first-order chi connectivity index (χ1) is 29.3. The molecule has 3 heterocycles. The first-order valence-corrected chi connectivity index (χ1v) is 20.0. The molecule has 4 nitrogen and oxygen atoms in total. The van der Waals surface area contributed by atoms with Crippen LogP contribution in [0.2, 0.25) is 0 Å². The summed E-state index contributed by atoms with van der Waals surface area (Å²) in [6, 6.07) is 75.6. The molecule has 0 aliphatic heterocycles. The zero-order valence-electron chi connectivity index (χ0n) is 32.0. The minimum absolute atomic E-state index is 0.579. The fraction of sp³-hybridized carbons (Fsp3) is 0. The van der Waals surface area contributed by atoms with Gasteiger partial charge in [0.2, 0.25) is 5.89 Å². The summed E-state index contributed by atoms with van der Waals surface area (Å²) in [5.41, 5.74) is 15.9. The lowest BCUT2D eigenvalue weighted by Gasteiger charge is -2.17. The highest BCUT2D eigenvalue weighted by atomic mass is 16.3. The van der Waals surface area contributed by atoms with Crippen molar-refractivity contribution in [2.45, 2.75) is 0 Å². The van der Waals surface area contributed by atoms with Crippen LogP contribution < -0.4 is 0 Å². The van der Waals surface area contributed by atoms with Crippen molar-refractivity contribution in [2.24, 2.45) is 0 Å². The highest BCUT2D eigenvalue weighted by Gasteiger charge is 2.21. The van der Waals surface area contributed by atoms with E-state index in [9.17, 15) is 0 Å². The van der Waals surface area contributed by atoms with Gasteiger partial charge in [0.05, 0.1) is 27.8 Å². The summed E-state index contributed by atoms with van der Waals surface area (Å²) in [5, 5.41) is 4.91. The fourth-order valence-electron chi connectivity index (χ4n) is 9.08. The topological polar surface area (TPSA) is 35.9 Å². The minimum Gasteiger partial charge on any atom is -0.436 e. The summed E-state index contributed by atoms with van der Waals surface area (Å²) in [5.74, 6) is 0.579. The molecule has 59 heavy (non-hydrogen) atoms. The lowest BCUT2D eigenvalue weighted by atomic mass is 9.98. The van der Waals surface area contributed by atoms with E-state index >= 15 is 0 Å². The molecule has 0 spiro atoms. The summed E-state index contributed by atoms with van der Waals surface area (Å²) < 4.78 is 11.6. The van der Waals surface area contributed by atoms with Crippen LogP contribution in [-0.4, -0.2) is 14.1 Å². The predicted molar refractivity (Wildman–Crippen MR) is 244 cm³/mol. The third-order valence-corrected chi connectivity index (χ3v) is 11.7. The quantitative estimate of drug-likeness (QED) is 0.169. The van der Waals surface area contributed by atoms with Gasteiger partial charge in [-0.15, -0.1) is 0 Å². The molecule has 0 N–H and O–H groups in total. The summed E-state index contributed by atoms with van der Waals surface area (Å²) in [6.07, 6.45) is 0. The average molecular weight is 754 g/mol. The van der Waals surface area contributed by atoms with Gasteiger partial charge in [0, 0.05) is 43.9 Å². The summed E-state index contributed by atoms with van der Waals surface area (Å²) >= 11 is 0. The SMILES string of the molecule is c1ccc(-c2cc(-c3ccccc3)c3nc(-c4ccc(-c5cccc(-n6c7ccccc7c7ccccc76)c5)c(-n5c6ccccc6c6ccccc65)c4)oc3c2)cc1. The third kappa shape index (κ3) is 5.34. The van der Waals surface area contributed by atoms with Gasteiger partial charge in [0.1, 0.15) is 5.52 Å². The van der Waals surface area contributed by atoms with Crippen molar-refractivity contribution in [1.82, 2.24) is 14.1 Å². The van der Waals surface area contributed by atoms with Crippen molar-refractivity contribution < 1.29 is 4.42 Å². The van der Waals surface area contributed by atoms with Gasteiger partial charge in [-0.2, -0.15) is 0 Å². The van der Waals surface area contributed by atoms with E-state index in [-0.39, 0.29) is 0 Å². The maximum absolute atomic E-state index is 6.80. The zero-order valence-corrected chi connectivity index (χ0v) is 32.0. The molecule has 12 rings (SSSR count). The molecule has 0 aliphatic carbocycles. The number of nitrogens with zero attached hydrogens (tertiary/aromatic N) is 3. The van der Waals surface area contributed by atoms with Gasteiger partial charge in [-0.1, -0.05) is 152 Å². The highest BCUT2D eigenvalue weighted by Crippen LogP contribution is 2.41. The van der Waals surface area contributed by atoms with Gasteiger partial charge >= 0.3 is 0 Å². The Labute approximate surface area is 340 Å². The molecule has 0 bridgehead atoms. The number of hydrogen-bond donors (Lipinski definition) is 0. The van der Waals surface area contributed by atoms with Crippen molar-refractivity contribution in [3.63, 3.8) is 0 Å². The van der Waals surface area contributed by atoms with Gasteiger partial charge in [-0.25, -0.2) is 4.98 Å². The molecule has 4 heteroatoms. The van der Waals surface area contributed by atoms with Crippen LogP contribution in [0.3, 0.4) is 0 Å². The van der Waals surface area contributed by atoms with Crippen molar-refractivity contribution in [3.05, 3.63) is 212 Å². The number of oxazole rings is 1. The molecule has 12 aromatic rings. The normalized spacial score (nSPS) is 11.7. The summed E-state index contributed by atoms with van der Waals surface area (Å²) in [4.78, 5) is 5.27. The first-order valence-electron chi connectivity index (χ1n) is 20.0. The molecule has 0 unspecified atom stereocenters. The largest absolute Gasteiger partial charge is 0.436 e. The second kappa shape index (κ2) is 13.3. The Bertz CT molecular complexity index is 3450. The van der Waals surface area contributed by atoms with Crippen molar-refractivity contribution in [3.8, 4) is 56.2 Å². The van der Waals surface area contributed by atoms with E-state index in [0.29, 0.717) is 5.89 Å². The second-order valence-electron chi connectivity index (χ2n) is 15.1. The van der Waals surface area contributed by atoms with Crippen LogP contribution in [0.4, 0.5) is 0 Å². The number of benzene rings is 9. The molecule has 3 aromatic heterocycles. The van der Waals surface area contributed by atoms with Crippen LogP contribution in [0.25, 0.3) is 111 Å². The van der Waals surface area contributed by atoms with Crippen LogP contribution in [0, 0.1) is 0 Å². The van der Waals surface area contributed by atoms with E-state index < -0.39 is 0 Å². The van der Waals surface area contributed by atoms with Crippen LogP contribution in [0.1, 0.15) is 0 Å². The van der Waals surface area contributed by atoms with E-state index in [2.05, 4.69) is 209 Å². The number of aromatic nitrogens is 3. The molecule has 276 valence electrons. The van der Waals surface area contributed by atoms with Crippen LogP contribution in [0.5, 0.6) is 0 Å². The van der Waals surface area contributed by atoms with Crippen LogP contribution >= 0.6 is 0 Å². The van der Waals surface area contributed by atoms with Gasteiger partial charge in [-0.3, -0.25) is 0 Å². The number of hydrogen-bond acceptors (Lipinski definition) is 2. The fourth-order valence-corrected chi connectivity index (χ4v) is 9.08. The van der Waals surface area contributed by atoms with Crippen molar-refractivity contribution in [1.29, 1.82) is 0 Å². The Morgan fingerprint density at radius 2 is 0.864 bits per heavy atom. The Morgan fingerprint density at radius 3 is 1.47 bits per heavy atom. The van der Waals surface area contributed by atoms with Crippen molar-refractivity contribution >= 4 is 54.7 Å². The Balaban J connectivity index is 1.10. The second-order valence-corrected chi connectivity index (χ2v) is 15.1. The molecule has 0 fully saturated rings. The maximum atomic E-state index is 6.80. The van der Waals surface area contributed by atoms with E-state index in [0.717, 1.165) is 72.5 Å². The van der Waals surface area contributed by atoms with Gasteiger partial charge in [0.25, 0.3) is 0 Å². The van der Waals surface area contributed by atoms with Gasteiger partial charge in [-0.05, 0) is 82.9 Å². The number of fused-ring (bicyclic) bond motifs is 7. The Kier molecular flexibility index (Phi) is 7.50. The number of rotatable bonds is 6. The monoisotopic (exact) mass is 753 g/mol. The molecule has 9 aromatic carbocycles. The third-order valence-electron chi connectivity index (χ3n) is 11.7. The van der Waals surface area contributed by atoms with Gasteiger partial charge < -0.3 is 13.6 Å².